The lowest BCUT2D eigenvalue weighted by molar-refractivity contribution is -0.117. The lowest BCUT2D eigenvalue weighted by Crippen LogP contribution is -2.31. The van der Waals surface area contributed by atoms with E-state index in [4.69, 9.17) is 5.26 Å². The van der Waals surface area contributed by atoms with E-state index in [9.17, 15) is 75.1 Å². The van der Waals surface area contributed by atoms with Crippen molar-refractivity contribution in [2.24, 2.45) is 28.2 Å². The molecule has 10 aromatic rings. The second kappa shape index (κ2) is 37.5. The first kappa shape index (κ1) is 86.3. The number of hydrogen-bond acceptors (Lipinski definition) is 18. The van der Waals surface area contributed by atoms with Crippen molar-refractivity contribution in [1.29, 1.82) is 5.26 Å². The van der Waals surface area contributed by atoms with E-state index >= 15 is 0 Å². The minimum atomic E-state index is -0.916. The van der Waals surface area contributed by atoms with E-state index in [1.54, 1.807) is 180 Å². The lowest BCUT2D eigenvalue weighted by Gasteiger charge is -2.09. The van der Waals surface area contributed by atoms with Gasteiger partial charge in [-0.25, -0.2) is 22.5 Å². The third kappa shape index (κ3) is 19.9. The maximum Gasteiger partial charge on any atom is 0.298 e. The number of benzene rings is 4. The van der Waals surface area contributed by atoms with Crippen LogP contribution in [-0.2, 0) is 53.9 Å². The van der Waals surface area contributed by atoms with Crippen molar-refractivity contribution in [1.82, 2.24) is 59.8 Å². The fourth-order valence-corrected chi connectivity index (χ4v) is 12.3. The smallest absolute Gasteiger partial charge is 0.298 e. The van der Waals surface area contributed by atoms with Crippen LogP contribution in [0.15, 0.2) is 97.0 Å². The summed E-state index contributed by atoms with van der Waals surface area (Å²) in [4.78, 5) is 154. The number of rotatable bonds is 22. The number of nitrogens with zero attached hydrogens (tertiary/aromatic N) is 9. The molecule has 0 saturated heterocycles. The average Bonchev–Trinajstić information content (AvgIpc) is 1.65. The van der Waals surface area contributed by atoms with Crippen molar-refractivity contribution < 1.29 is 75.1 Å². The van der Waals surface area contributed by atoms with Gasteiger partial charge in [-0.3, -0.25) is 62.9 Å². The predicted molar refractivity (Wildman–Crippen MR) is 412 cm³/mol. The third-order valence-electron chi connectivity index (χ3n) is 18.2. The molecule has 6 heterocycles. The molecule has 0 radical (unpaired) electrons. The van der Waals surface area contributed by atoms with Crippen LogP contribution < -0.4 is 42.5 Å². The Balaban J connectivity index is 0.000000209. The van der Waals surface area contributed by atoms with Gasteiger partial charge in [-0.15, -0.1) is 28.1 Å². The standard InChI is InChI=1S/C20H19FN4O3S.C20H22FN3O3.C19H20FN7O3.C19H19FN4O3/c1-10-5-6-13(9-14(10)21)23-18(27)16-11(2)15(12(3)25(16)4)17(26)19(28)24-20-22-7-8-29-20;1-6-9-22-20(27)18(25)16-12(3)17(24(5)13(16)4)19(26)23-14-8-7-11(2)15(21)10-14;1-9-5-6-12(7-13(9)20)22-18(29)16-10(2)15(11(3)27(16)4)17(28)19(30)21-8-14-23-25-26-24-14;1-10-5-6-13(9-14(10)20)23-18(26)16-11(2)15(12(3)24(16)4)17(25)19(27)22-8-7-21/h5-9H,1-4H3,(H,23,27)(H,22,24,28);6-8,10H,1,9H2,2-5H3,(H,22,27)(H,23,26);5-7H,8H2,1-4H3,(H,21,30)(H,22,29)(H,23,24,25,26);5-6,9H,8H2,1-4H3,(H,22,27)(H,23,26). The number of aryl methyl sites for hydroxylation is 4. The van der Waals surface area contributed by atoms with E-state index in [2.05, 4.69) is 74.7 Å². The first-order chi connectivity index (χ1) is 53.3. The molecule has 10 rings (SSSR count). The van der Waals surface area contributed by atoms with Crippen molar-refractivity contribution in [2.45, 2.75) is 89.6 Å². The van der Waals surface area contributed by atoms with Gasteiger partial charge in [-0.1, -0.05) is 35.6 Å². The molecule has 0 unspecified atom stereocenters. The van der Waals surface area contributed by atoms with E-state index in [-0.39, 0.29) is 81.9 Å². The highest BCUT2D eigenvalue weighted by molar-refractivity contribution is 7.13. The summed E-state index contributed by atoms with van der Waals surface area (Å²) in [6, 6.07) is 19.2. The van der Waals surface area contributed by atoms with Crippen LogP contribution in [0.25, 0.3) is 0 Å². The number of aromatic nitrogens is 9. The summed E-state index contributed by atoms with van der Waals surface area (Å²) in [6.07, 6.45) is 2.98. The first-order valence-corrected chi connectivity index (χ1v) is 35.0. The number of hydrogen-bond donors (Lipinski definition) is 9. The summed E-state index contributed by atoms with van der Waals surface area (Å²) >= 11 is 1.19. The fourth-order valence-electron chi connectivity index (χ4n) is 11.8. The van der Waals surface area contributed by atoms with Crippen LogP contribution in [0.3, 0.4) is 0 Å². The van der Waals surface area contributed by atoms with Gasteiger partial charge in [0.05, 0.1) is 34.9 Å². The lowest BCUT2D eigenvalue weighted by atomic mass is 10.0. The Morgan fingerprint density at radius 1 is 0.460 bits per heavy atom. The normalized spacial score (nSPS) is 10.5. The Kier molecular flexibility index (Phi) is 28.6. The maximum absolute atomic E-state index is 13.8. The van der Waals surface area contributed by atoms with E-state index < -0.39 is 93.7 Å². The number of Topliss-reactive ketones (excluding diaryl/α,β-unsaturated/α-hetero) is 4. The molecule has 35 heteroatoms. The predicted octanol–water partition coefficient (Wildman–Crippen LogP) is 9.96. The summed E-state index contributed by atoms with van der Waals surface area (Å²) in [5.41, 5.74) is 7.69. The van der Waals surface area contributed by atoms with Crippen LogP contribution in [0, 0.1) is 118 Å². The van der Waals surface area contributed by atoms with Gasteiger partial charge < -0.3 is 55.5 Å². The second-order valence-corrected chi connectivity index (χ2v) is 26.5. The number of nitrogens with one attached hydrogen (secondary N) is 9. The van der Waals surface area contributed by atoms with Gasteiger partial charge in [0.1, 0.15) is 52.6 Å². The van der Waals surface area contributed by atoms with Gasteiger partial charge in [-0.05, 0) is 176 Å². The zero-order valence-electron chi connectivity index (χ0n) is 64.3. The van der Waals surface area contributed by atoms with Crippen LogP contribution >= 0.6 is 11.3 Å². The van der Waals surface area contributed by atoms with Crippen LogP contribution in [0.4, 0.5) is 45.4 Å². The van der Waals surface area contributed by atoms with Gasteiger partial charge in [0.2, 0.25) is 0 Å². The van der Waals surface area contributed by atoms with E-state index in [1.807, 2.05) is 0 Å². The third-order valence-corrected chi connectivity index (χ3v) is 18.9. The van der Waals surface area contributed by atoms with Crippen LogP contribution in [0.1, 0.15) is 156 Å². The molecule has 0 aliphatic rings. The molecule has 4 aromatic carbocycles. The monoisotopic (exact) mass is 1570 g/mol. The highest BCUT2D eigenvalue weighted by Crippen LogP contribution is 2.29. The number of tetrazole rings is 1. The Labute approximate surface area is 648 Å². The number of halogens is 4. The molecule has 8 amide bonds. The minimum absolute atomic E-state index is 0.0711. The zero-order chi connectivity index (χ0) is 83.9. The molecule has 30 nitrogen and oxygen atoms in total. The highest BCUT2D eigenvalue weighted by Gasteiger charge is 2.34. The Morgan fingerprint density at radius 3 is 1.04 bits per heavy atom. The second-order valence-electron chi connectivity index (χ2n) is 25.6. The topological polar surface area (TPSA) is 412 Å². The van der Waals surface area contributed by atoms with Crippen LogP contribution in [0.5, 0.6) is 0 Å². The van der Waals surface area contributed by atoms with Gasteiger partial charge >= 0.3 is 0 Å². The first-order valence-electron chi connectivity index (χ1n) is 34.1. The number of aromatic amines is 1. The summed E-state index contributed by atoms with van der Waals surface area (Å²) in [6.45, 7) is 22.7. The number of carbonyl (C=O) groups excluding carboxylic acids is 12. The molecule has 0 spiro atoms. The van der Waals surface area contributed by atoms with E-state index in [0.29, 0.717) is 83.8 Å². The quantitative estimate of drug-likeness (QED) is 0.0100. The van der Waals surface area contributed by atoms with E-state index in [0.717, 1.165) is 0 Å². The molecule has 0 fully saturated rings. The SMILES string of the molecule is C=CCNC(=O)C(=O)c1c(C)c(C(=O)Nc2ccc(C)c(F)c2)n(C)c1C.Cc1ccc(NC(=O)c2c(C)c(C(=O)C(=O)NCC#N)c(C)n2C)cc1F.Cc1ccc(NC(=O)c2c(C)c(C(=O)C(=O)NCc3nn[nH]n3)c(C)n2C)cc1F.Cc1ccc(NC(=O)c2c(C)c(C(=O)C(=O)Nc3nccs3)c(C)n2C)cc1F. The summed E-state index contributed by atoms with van der Waals surface area (Å²) in [7, 11) is 6.46. The Morgan fingerprint density at radius 2 is 0.770 bits per heavy atom. The number of H-pyrrole nitrogens is 1. The highest BCUT2D eigenvalue weighted by atomic mass is 32.1. The summed E-state index contributed by atoms with van der Waals surface area (Å²) in [5.74, 6) is -10.0. The van der Waals surface area contributed by atoms with Gasteiger partial charge in [0, 0.05) is 91.8 Å². The fraction of sp³-hybridized carbons (Fsp3) is 0.244. The molecule has 9 N–H and O–H groups in total. The number of carbonyl (C=O) groups is 12. The molecule has 0 aliphatic carbocycles. The largest absolute Gasteiger partial charge is 0.346 e. The van der Waals surface area contributed by atoms with E-state index in [1.165, 1.54) is 57.0 Å². The van der Waals surface area contributed by atoms with Crippen molar-refractivity contribution in [3.8, 4) is 6.07 Å². The molecule has 0 aliphatic heterocycles. The average molecular weight is 1570 g/mol. The minimum Gasteiger partial charge on any atom is -0.346 e. The molecule has 588 valence electrons. The summed E-state index contributed by atoms with van der Waals surface area (Å²) in [5, 5.41) is 43.5. The summed E-state index contributed by atoms with van der Waals surface area (Å²) < 4.78 is 61.0. The maximum atomic E-state index is 13.8. The molecule has 0 saturated carbocycles. The number of ketones is 4. The number of anilines is 5. The zero-order valence-corrected chi connectivity index (χ0v) is 65.1. The number of nitriles is 1. The molecule has 6 aromatic heterocycles. The van der Waals surface area contributed by atoms with Crippen LogP contribution in [0.2, 0.25) is 0 Å². The van der Waals surface area contributed by atoms with Gasteiger partial charge in [-0.2, -0.15) is 10.5 Å². The van der Waals surface area contributed by atoms with Crippen molar-refractivity contribution in [3.63, 3.8) is 0 Å². The molecular weight excluding hydrogens is 1490 g/mol. The molecule has 113 heavy (non-hydrogen) atoms. The molecular formula is C78H80F4N18O12S. The van der Waals surface area contributed by atoms with Crippen LogP contribution in [-0.4, -0.2) is 127 Å². The van der Waals surface area contributed by atoms with Crippen molar-refractivity contribution in [2.75, 3.05) is 39.7 Å². The molecule has 0 atom stereocenters. The number of thiazole rings is 1. The van der Waals surface area contributed by atoms with Crippen molar-refractivity contribution in [3.05, 3.63) is 238 Å². The van der Waals surface area contributed by atoms with Gasteiger partial charge in [0.15, 0.2) is 11.0 Å². The number of amides is 8. The Hall–Kier alpha value is -13.9. The van der Waals surface area contributed by atoms with Gasteiger partial charge in [0.25, 0.3) is 70.4 Å². The van der Waals surface area contributed by atoms with Crippen molar-refractivity contribution >= 4 is 110 Å². The Bertz CT molecular complexity index is 5530. The molecule has 0 bridgehead atoms.